The zero-order valence-electron chi connectivity index (χ0n) is 15.7. The van der Waals surface area contributed by atoms with Crippen LogP contribution in [0.4, 0.5) is 10.1 Å². The van der Waals surface area contributed by atoms with E-state index in [4.69, 9.17) is 9.72 Å². The molecule has 0 bridgehead atoms. The molecule has 1 heterocycles. The van der Waals surface area contributed by atoms with Crippen LogP contribution in [0.5, 0.6) is 5.75 Å². The summed E-state index contributed by atoms with van der Waals surface area (Å²) in [5.74, 6) is 0.543. The Morgan fingerprint density at radius 1 is 1.04 bits per heavy atom. The number of rotatable bonds is 8. The number of aliphatic hydroxyl groups is 1. The Kier molecular flexibility index (Phi) is 6.24. The van der Waals surface area contributed by atoms with Crippen molar-refractivity contribution in [2.75, 3.05) is 31.3 Å². The van der Waals surface area contributed by atoms with Crippen molar-refractivity contribution in [2.45, 2.75) is 20.0 Å². The average molecular weight is 368 g/mol. The minimum Gasteiger partial charge on any atom is -0.488 e. The highest BCUT2D eigenvalue weighted by Gasteiger charge is 2.10. The van der Waals surface area contributed by atoms with E-state index in [1.807, 2.05) is 24.3 Å². The number of halogens is 1. The topological polar surface area (TPSA) is 45.6 Å². The van der Waals surface area contributed by atoms with Gasteiger partial charge in [0, 0.05) is 29.7 Å². The molecule has 0 saturated carbocycles. The van der Waals surface area contributed by atoms with Crippen LogP contribution in [-0.2, 0) is 0 Å². The van der Waals surface area contributed by atoms with Crippen LogP contribution in [0.15, 0.2) is 54.6 Å². The monoisotopic (exact) mass is 368 g/mol. The summed E-state index contributed by atoms with van der Waals surface area (Å²) >= 11 is 0. The number of nitrogens with zero attached hydrogens (tertiary/aromatic N) is 2. The van der Waals surface area contributed by atoms with E-state index in [1.165, 1.54) is 5.69 Å². The van der Waals surface area contributed by atoms with E-state index < -0.39 is 12.8 Å². The molecule has 0 aliphatic carbocycles. The summed E-state index contributed by atoms with van der Waals surface area (Å²) in [5, 5.41) is 10.3. The summed E-state index contributed by atoms with van der Waals surface area (Å²) in [6.07, 6.45) is -1.13. The van der Waals surface area contributed by atoms with Crippen molar-refractivity contribution >= 4 is 16.6 Å². The molecule has 0 fully saturated rings. The summed E-state index contributed by atoms with van der Waals surface area (Å²) in [7, 11) is 0. The van der Waals surface area contributed by atoms with Gasteiger partial charge in [0.1, 0.15) is 30.7 Å². The fraction of sp³-hybridized carbons (Fsp3) is 0.318. The minimum absolute atomic E-state index is 0.0971. The van der Waals surface area contributed by atoms with Gasteiger partial charge in [-0.2, -0.15) is 0 Å². The van der Waals surface area contributed by atoms with E-state index >= 15 is 0 Å². The second-order valence-electron chi connectivity index (χ2n) is 6.36. The summed E-state index contributed by atoms with van der Waals surface area (Å²) in [4.78, 5) is 7.04. The van der Waals surface area contributed by atoms with Crippen molar-refractivity contribution < 1.29 is 14.2 Å². The molecule has 2 aromatic carbocycles. The van der Waals surface area contributed by atoms with E-state index in [1.54, 1.807) is 6.07 Å². The van der Waals surface area contributed by atoms with Gasteiger partial charge in [-0.25, -0.2) is 9.37 Å². The molecule has 0 aliphatic rings. The third-order valence-corrected chi connectivity index (χ3v) is 4.58. The fourth-order valence-corrected chi connectivity index (χ4v) is 3.06. The zero-order valence-corrected chi connectivity index (χ0v) is 15.7. The Balaban J connectivity index is 1.91. The summed E-state index contributed by atoms with van der Waals surface area (Å²) in [6.45, 7) is 5.29. The average Bonchev–Trinajstić information content (AvgIpc) is 2.73. The van der Waals surface area contributed by atoms with Gasteiger partial charge in [0.2, 0.25) is 0 Å². The lowest BCUT2D eigenvalue weighted by Gasteiger charge is -2.21. The molecule has 1 N–H and O–H groups in total. The van der Waals surface area contributed by atoms with Gasteiger partial charge < -0.3 is 14.7 Å². The molecule has 1 unspecified atom stereocenters. The van der Waals surface area contributed by atoms with Crippen molar-refractivity contribution in [1.29, 1.82) is 0 Å². The number of ether oxygens (including phenoxy) is 1. The minimum atomic E-state index is -1.13. The van der Waals surface area contributed by atoms with Crippen molar-refractivity contribution in [3.05, 3.63) is 54.6 Å². The largest absolute Gasteiger partial charge is 0.488 e. The van der Waals surface area contributed by atoms with Crippen LogP contribution in [0.25, 0.3) is 22.2 Å². The number of anilines is 1. The third-order valence-electron chi connectivity index (χ3n) is 4.58. The maximum Gasteiger partial charge on any atom is 0.145 e. The first-order valence-electron chi connectivity index (χ1n) is 9.28. The second kappa shape index (κ2) is 8.82. The number of pyridine rings is 1. The maximum absolute atomic E-state index is 12.5. The van der Waals surface area contributed by atoms with E-state index in [9.17, 15) is 9.50 Å². The van der Waals surface area contributed by atoms with Gasteiger partial charge in [-0.3, -0.25) is 0 Å². The van der Waals surface area contributed by atoms with Crippen LogP contribution in [0, 0.1) is 0 Å². The normalized spacial score (nSPS) is 12.1. The van der Waals surface area contributed by atoms with Crippen LogP contribution in [0.1, 0.15) is 13.8 Å². The predicted molar refractivity (Wildman–Crippen MR) is 108 cm³/mol. The lowest BCUT2D eigenvalue weighted by atomic mass is 10.1. The first-order chi connectivity index (χ1) is 13.2. The first kappa shape index (κ1) is 19.1. The number of fused-ring (bicyclic) bond motifs is 1. The number of hydrogen-bond donors (Lipinski definition) is 1. The van der Waals surface area contributed by atoms with Crippen LogP contribution in [0.2, 0.25) is 0 Å². The van der Waals surface area contributed by atoms with Gasteiger partial charge in [-0.15, -0.1) is 0 Å². The SMILES string of the molecule is CCN(CC)c1ccc(-c2ccc3cccc(OCC(O)CF)c3n2)cc1. The van der Waals surface area contributed by atoms with Crippen LogP contribution in [0.3, 0.4) is 0 Å². The summed E-state index contributed by atoms with van der Waals surface area (Å²) < 4.78 is 18.1. The number of aromatic nitrogens is 1. The molecule has 3 rings (SSSR count). The molecule has 142 valence electrons. The number of para-hydroxylation sites is 1. The van der Waals surface area contributed by atoms with E-state index in [0.29, 0.717) is 11.3 Å². The molecule has 0 saturated heterocycles. The second-order valence-corrected chi connectivity index (χ2v) is 6.36. The molecule has 0 amide bonds. The van der Waals surface area contributed by atoms with Crippen molar-refractivity contribution in [2.24, 2.45) is 0 Å². The molecule has 27 heavy (non-hydrogen) atoms. The molecule has 1 aromatic heterocycles. The molecule has 1 atom stereocenters. The summed E-state index contributed by atoms with van der Waals surface area (Å²) in [6, 6.07) is 17.9. The molecular formula is C22H25FN2O2. The number of benzene rings is 2. The van der Waals surface area contributed by atoms with Gasteiger partial charge in [0.25, 0.3) is 0 Å². The standard InChI is InChI=1S/C22H25FN2O2/c1-3-25(4-2)18-11-8-16(9-12-18)20-13-10-17-6-5-7-21(22(17)24-20)27-15-19(26)14-23/h5-13,19,26H,3-4,14-15H2,1-2H3. The Morgan fingerprint density at radius 3 is 2.44 bits per heavy atom. The van der Waals surface area contributed by atoms with Crippen LogP contribution in [-0.4, -0.2) is 42.6 Å². The summed E-state index contributed by atoms with van der Waals surface area (Å²) in [5.41, 5.74) is 3.75. The van der Waals surface area contributed by atoms with Crippen LogP contribution < -0.4 is 9.64 Å². The van der Waals surface area contributed by atoms with Gasteiger partial charge in [0.05, 0.1) is 5.69 Å². The Bertz CT molecular complexity index is 879. The smallest absolute Gasteiger partial charge is 0.145 e. The van der Waals surface area contributed by atoms with Gasteiger partial charge in [0.15, 0.2) is 0 Å². The molecule has 3 aromatic rings. The Morgan fingerprint density at radius 2 is 1.78 bits per heavy atom. The first-order valence-corrected chi connectivity index (χ1v) is 9.28. The molecule has 5 heteroatoms. The Hall–Kier alpha value is -2.66. The molecular weight excluding hydrogens is 343 g/mol. The van der Waals surface area contributed by atoms with Crippen molar-refractivity contribution in [3.63, 3.8) is 0 Å². The fourth-order valence-electron chi connectivity index (χ4n) is 3.06. The maximum atomic E-state index is 12.5. The van der Waals surface area contributed by atoms with E-state index in [-0.39, 0.29) is 6.61 Å². The van der Waals surface area contributed by atoms with Gasteiger partial charge >= 0.3 is 0 Å². The van der Waals surface area contributed by atoms with Gasteiger partial charge in [-0.05, 0) is 38.1 Å². The van der Waals surface area contributed by atoms with Gasteiger partial charge in [-0.1, -0.05) is 30.3 Å². The van der Waals surface area contributed by atoms with E-state index in [0.717, 1.165) is 29.7 Å². The molecule has 0 radical (unpaired) electrons. The molecule has 0 spiro atoms. The van der Waals surface area contributed by atoms with Crippen molar-refractivity contribution in [3.8, 4) is 17.0 Å². The van der Waals surface area contributed by atoms with E-state index in [2.05, 4.69) is 43.0 Å². The zero-order chi connectivity index (χ0) is 19.2. The number of hydrogen-bond acceptors (Lipinski definition) is 4. The third kappa shape index (κ3) is 4.37. The predicted octanol–water partition coefficient (Wildman–Crippen LogP) is 4.46. The number of aliphatic hydroxyl groups excluding tert-OH is 1. The number of alkyl halides is 1. The quantitative estimate of drug-likeness (QED) is 0.638. The lowest BCUT2D eigenvalue weighted by molar-refractivity contribution is 0.0848. The highest BCUT2D eigenvalue weighted by Crippen LogP contribution is 2.28. The highest BCUT2D eigenvalue weighted by atomic mass is 19.1. The van der Waals surface area contributed by atoms with Crippen molar-refractivity contribution in [1.82, 2.24) is 4.98 Å². The lowest BCUT2D eigenvalue weighted by Crippen LogP contribution is -2.21. The molecule has 4 nitrogen and oxygen atoms in total. The van der Waals surface area contributed by atoms with Crippen LogP contribution >= 0.6 is 0 Å². The molecule has 0 aliphatic heterocycles. The Labute approximate surface area is 159 Å². The highest BCUT2D eigenvalue weighted by molar-refractivity contribution is 5.86.